The first-order valence-corrected chi connectivity index (χ1v) is 6.50. The Morgan fingerprint density at radius 2 is 1.76 bits per heavy atom. The predicted octanol–water partition coefficient (Wildman–Crippen LogP) is 3.09. The van der Waals surface area contributed by atoms with E-state index in [4.69, 9.17) is 4.74 Å². The van der Waals surface area contributed by atoms with E-state index in [1.54, 1.807) is 7.11 Å². The summed E-state index contributed by atoms with van der Waals surface area (Å²) < 4.78 is 5.49. The number of hydrogen-bond acceptors (Lipinski definition) is 2. The van der Waals surface area contributed by atoms with E-state index in [1.807, 2.05) is 0 Å². The highest BCUT2D eigenvalue weighted by atomic mass is 16.5. The lowest BCUT2D eigenvalue weighted by atomic mass is 9.84. The van der Waals surface area contributed by atoms with Gasteiger partial charge in [-0.05, 0) is 74.9 Å². The maximum Gasteiger partial charge on any atom is 0.124 e. The van der Waals surface area contributed by atoms with Crippen molar-refractivity contribution in [3.63, 3.8) is 0 Å². The quantitative estimate of drug-likeness (QED) is 0.847. The van der Waals surface area contributed by atoms with Crippen molar-refractivity contribution in [3.05, 3.63) is 28.3 Å². The lowest BCUT2D eigenvalue weighted by Crippen LogP contribution is -2.27. The zero-order valence-electron chi connectivity index (χ0n) is 11.4. The van der Waals surface area contributed by atoms with Gasteiger partial charge >= 0.3 is 0 Å². The molecule has 1 saturated heterocycles. The van der Waals surface area contributed by atoms with Gasteiger partial charge in [0.15, 0.2) is 0 Å². The van der Waals surface area contributed by atoms with Crippen molar-refractivity contribution in [2.24, 2.45) is 0 Å². The van der Waals surface area contributed by atoms with Gasteiger partial charge < -0.3 is 10.1 Å². The van der Waals surface area contributed by atoms with Crippen LogP contribution in [0.1, 0.15) is 41.0 Å². The molecule has 0 aromatic heterocycles. The summed E-state index contributed by atoms with van der Waals surface area (Å²) in [6.07, 6.45) is 2.51. The van der Waals surface area contributed by atoms with Crippen molar-refractivity contribution >= 4 is 0 Å². The van der Waals surface area contributed by atoms with Crippen LogP contribution < -0.4 is 10.1 Å². The van der Waals surface area contributed by atoms with Gasteiger partial charge in [0.05, 0.1) is 7.11 Å². The molecule has 0 spiro atoms. The normalized spacial score (nSPS) is 17.2. The van der Waals surface area contributed by atoms with Gasteiger partial charge in [0.25, 0.3) is 0 Å². The van der Waals surface area contributed by atoms with E-state index in [0.29, 0.717) is 0 Å². The Kier molecular flexibility index (Phi) is 3.72. The van der Waals surface area contributed by atoms with Crippen molar-refractivity contribution in [3.8, 4) is 5.75 Å². The number of rotatable bonds is 2. The minimum atomic E-state index is 0.722. The highest BCUT2D eigenvalue weighted by Gasteiger charge is 2.20. The van der Waals surface area contributed by atoms with Crippen LogP contribution in [0.3, 0.4) is 0 Å². The first-order valence-electron chi connectivity index (χ1n) is 6.50. The molecule has 1 N–H and O–H groups in total. The van der Waals surface area contributed by atoms with Crippen molar-refractivity contribution in [2.75, 3.05) is 20.2 Å². The van der Waals surface area contributed by atoms with Crippen LogP contribution in [0.15, 0.2) is 6.07 Å². The van der Waals surface area contributed by atoms with Crippen LogP contribution in [0, 0.1) is 20.8 Å². The van der Waals surface area contributed by atoms with Crippen molar-refractivity contribution in [2.45, 2.75) is 39.5 Å². The average Bonchev–Trinajstić information content (AvgIpc) is 2.35. The monoisotopic (exact) mass is 233 g/mol. The first kappa shape index (κ1) is 12.4. The molecule has 94 valence electrons. The molecule has 17 heavy (non-hydrogen) atoms. The third-order valence-corrected chi connectivity index (χ3v) is 4.05. The van der Waals surface area contributed by atoms with Crippen LogP contribution in [0.4, 0.5) is 0 Å². The number of ether oxygens (including phenoxy) is 1. The van der Waals surface area contributed by atoms with Crippen LogP contribution in [0.2, 0.25) is 0 Å². The van der Waals surface area contributed by atoms with E-state index in [1.165, 1.54) is 35.1 Å². The van der Waals surface area contributed by atoms with E-state index >= 15 is 0 Å². The van der Waals surface area contributed by atoms with Crippen LogP contribution in [0.25, 0.3) is 0 Å². The highest BCUT2D eigenvalue weighted by Crippen LogP contribution is 2.35. The number of methoxy groups -OCH3 is 1. The maximum atomic E-state index is 5.49. The lowest BCUT2D eigenvalue weighted by Gasteiger charge is -2.26. The second kappa shape index (κ2) is 5.09. The summed E-state index contributed by atoms with van der Waals surface area (Å²) in [5.74, 6) is 1.78. The summed E-state index contributed by atoms with van der Waals surface area (Å²) in [6.45, 7) is 8.85. The second-order valence-electron chi connectivity index (χ2n) is 5.09. The Balaban J connectivity index is 2.40. The Morgan fingerprint density at radius 3 is 2.35 bits per heavy atom. The zero-order chi connectivity index (χ0) is 12.4. The highest BCUT2D eigenvalue weighted by molar-refractivity contribution is 5.50. The predicted molar refractivity (Wildman–Crippen MR) is 72.0 cm³/mol. The molecule has 0 amide bonds. The minimum absolute atomic E-state index is 0.722. The Labute approximate surface area is 104 Å². The molecule has 0 bridgehead atoms. The third-order valence-electron chi connectivity index (χ3n) is 4.05. The zero-order valence-corrected chi connectivity index (χ0v) is 11.4. The first-order chi connectivity index (χ1) is 8.15. The number of piperidine rings is 1. The third kappa shape index (κ3) is 2.32. The molecule has 1 heterocycles. The number of aryl methyl sites for hydroxylation is 1. The van der Waals surface area contributed by atoms with Gasteiger partial charge in [0.1, 0.15) is 5.75 Å². The van der Waals surface area contributed by atoms with E-state index in [-0.39, 0.29) is 0 Å². The summed E-state index contributed by atoms with van der Waals surface area (Å²) in [5, 5.41) is 3.43. The van der Waals surface area contributed by atoms with Gasteiger partial charge in [0.2, 0.25) is 0 Å². The van der Waals surface area contributed by atoms with E-state index < -0.39 is 0 Å². The van der Waals surface area contributed by atoms with Crippen LogP contribution in [0.5, 0.6) is 5.75 Å². The molecule has 1 aromatic carbocycles. The number of nitrogens with one attached hydrogen (secondary N) is 1. The molecular weight excluding hydrogens is 210 g/mol. The summed E-state index contributed by atoms with van der Waals surface area (Å²) in [5.41, 5.74) is 5.52. The largest absolute Gasteiger partial charge is 0.496 e. The molecule has 2 rings (SSSR count). The van der Waals surface area contributed by atoms with E-state index in [9.17, 15) is 0 Å². The topological polar surface area (TPSA) is 21.3 Å². The summed E-state index contributed by atoms with van der Waals surface area (Å²) in [6, 6.07) is 2.33. The number of benzene rings is 1. The second-order valence-corrected chi connectivity index (χ2v) is 5.09. The smallest absolute Gasteiger partial charge is 0.124 e. The van der Waals surface area contributed by atoms with E-state index in [2.05, 4.69) is 32.2 Å². The summed E-state index contributed by atoms with van der Waals surface area (Å²) in [7, 11) is 1.76. The fourth-order valence-electron chi connectivity index (χ4n) is 2.96. The van der Waals surface area contributed by atoms with Crippen LogP contribution in [-0.4, -0.2) is 20.2 Å². The Hall–Kier alpha value is -1.02. The molecule has 2 heteroatoms. The molecule has 0 atom stereocenters. The van der Waals surface area contributed by atoms with Crippen molar-refractivity contribution in [1.29, 1.82) is 0 Å². The van der Waals surface area contributed by atoms with E-state index in [0.717, 1.165) is 24.8 Å². The van der Waals surface area contributed by atoms with Gasteiger partial charge in [-0.2, -0.15) is 0 Å². The molecule has 0 unspecified atom stereocenters. The minimum Gasteiger partial charge on any atom is -0.496 e. The molecule has 1 aliphatic rings. The van der Waals surface area contributed by atoms with Gasteiger partial charge in [-0.15, -0.1) is 0 Å². The van der Waals surface area contributed by atoms with Gasteiger partial charge in [-0.3, -0.25) is 0 Å². The maximum absolute atomic E-state index is 5.49. The molecule has 2 nitrogen and oxygen atoms in total. The standard InChI is InChI=1S/C15H23NO/c1-10-9-14(13-5-7-16-8-6-13)11(2)12(3)15(10)17-4/h9,13,16H,5-8H2,1-4H3. The SMILES string of the molecule is COc1c(C)cc(C2CCNCC2)c(C)c1C. The molecule has 0 aliphatic carbocycles. The number of hydrogen-bond donors (Lipinski definition) is 1. The Bertz CT molecular complexity index is 406. The van der Waals surface area contributed by atoms with Crippen molar-refractivity contribution in [1.82, 2.24) is 5.32 Å². The fourth-order valence-corrected chi connectivity index (χ4v) is 2.96. The van der Waals surface area contributed by atoms with Crippen molar-refractivity contribution < 1.29 is 4.74 Å². The lowest BCUT2D eigenvalue weighted by molar-refractivity contribution is 0.406. The van der Waals surface area contributed by atoms with Gasteiger partial charge in [-0.25, -0.2) is 0 Å². The Morgan fingerprint density at radius 1 is 1.12 bits per heavy atom. The van der Waals surface area contributed by atoms with Crippen LogP contribution >= 0.6 is 0 Å². The van der Waals surface area contributed by atoms with Crippen LogP contribution in [-0.2, 0) is 0 Å². The fraction of sp³-hybridized carbons (Fsp3) is 0.600. The average molecular weight is 233 g/mol. The molecule has 0 radical (unpaired) electrons. The molecule has 0 saturated carbocycles. The van der Waals surface area contributed by atoms with Gasteiger partial charge in [-0.1, -0.05) is 6.07 Å². The summed E-state index contributed by atoms with van der Waals surface area (Å²) in [4.78, 5) is 0. The van der Waals surface area contributed by atoms with Gasteiger partial charge in [0, 0.05) is 0 Å². The molecule has 1 fully saturated rings. The molecule has 1 aromatic rings. The summed E-state index contributed by atoms with van der Waals surface area (Å²) >= 11 is 0. The molecule has 1 aliphatic heterocycles. The molecular formula is C15H23NO.